The molecule has 104 valence electrons. The van der Waals surface area contributed by atoms with Gasteiger partial charge in [-0.1, -0.05) is 32.4 Å². The van der Waals surface area contributed by atoms with E-state index < -0.39 is 0 Å². The van der Waals surface area contributed by atoms with E-state index in [-0.39, 0.29) is 17.9 Å². The first-order valence-corrected chi connectivity index (χ1v) is 7.22. The molecule has 0 heterocycles. The summed E-state index contributed by atoms with van der Waals surface area (Å²) >= 11 is 0. The van der Waals surface area contributed by atoms with Gasteiger partial charge >= 0.3 is 0 Å². The van der Waals surface area contributed by atoms with Crippen LogP contribution in [0.1, 0.15) is 51.0 Å². The first-order valence-electron chi connectivity index (χ1n) is 7.22. The quantitative estimate of drug-likeness (QED) is 0.876. The van der Waals surface area contributed by atoms with Crippen LogP contribution in [0.15, 0.2) is 24.3 Å². The van der Waals surface area contributed by atoms with E-state index in [1.54, 1.807) is 0 Å². The zero-order valence-corrected chi connectivity index (χ0v) is 11.9. The summed E-state index contributed by atoms with van der Waals surface area (Å²) in [6.07, 6.45) is 3.89. The maximum absolute atomic E-state index is 12.2. The van der Waals surface area contributed by atoms with E-state index in [1.165, 1.54) is 5.56 Å². The van der Waals surface area contributed by atoms with E-state index >= 15 is 0 Å². The van der Waals surface area contributed by atoms with Crippen LogP contribution in [0, 0.1) is 5.92 Å². The molecule has 0 aliphatic heterocycles. The Balaban J connectivity index is 2.00. The third-order valence-corrected chi connectivity index (χ3v) is 3.91. The molecular weight excluding hydrogens is 236 g/mol. The van der Waals surface area contributed by atoms with Crippen molar-refractivity contribution in [3.05, 3.63) is 29.8 Å². The maximum Gasteiger partial charge on any atom is 0.227 e. The van der Waals surface area contributed by atoms with E-state index in [9.17, 15) is 4.79 Å². The van der Waals surface area contributed by atoms with E-state index in [1.807, 2.05) is 12.1 Å². The SMILES string of the molecule is CC(C)c1cccc(NC(=O)C2CCCC(N)C2)c1. The van der Waals surface area contributed by atoms with Crippen LogP contribution in [0.25, 0.3) is 0 Å². The predicted octanol–water partition coefficient (Wildman–Crippen LogP) is 3.27. The van der Waals surface area contributed by atoms with Crippen molar-refractivity contribution in [1.82, 2.24) is 0 Å². The first-order chi connectivity index (χ1) is 9.06. The number of rotatable bonds is 3. The number of carbonyl (C=O) groups is 1. The minimum absolute atomic E-state index is 0.0754. The molecule has 2 rings (SSSR count). The number of carbonyl (C=O) groups excluding carboxylic acids is 1. The van der Waals surface area contributed by atoms with Crippen molar-refractivity contribution in [3.8, 4) is 0 Å². The zero-order valence-electron chi connectivity index (χ0n) is 11.9. The van der Waals surface area contributed by atoms with Crippen LogP contribution in [0.4, 0.5) is 5.69 Å². The molecule has 3 nitrogen and oxygen atoms in total. The van der Waals surface area contributed by atoms with Crippen LogP contribution < -0.4 is 11.1 Å². The first kappa shape index (κ1) is 14.1. The number of nitrogens with one attached hydrogen (secondary N) is 1. The Kier molecular flexibility index (Phi) is 4.59. The van der Waals surface area contributed by atoms with Crippen LogP contribution in [0.5, 0.6) is 0 Å². The van der Waals surface area contributed by atoms with E-state index in [0.29, 0.717) is 5.92 Å². The minimum Gasteiger partial charge on any atom is -0.328 e. The van der Waals surface area contributed by atoms with Gasteiger partial charge < -0.3 is 11.1 Å². The van der Waals surface area contributed by atoms with Gasteiger partial charge in [0.2, 0.25) is 5.91 Å². The topological polar surface area (TPSA) is 55.1 Å². The molecule has 0 radical (unpaired) electrons. The highest BCUT2D eigenvalue weighted by Gasteiger charge is 2.25. The number of hydrogen-bond acceptors (Lipinski definition) is 2. The van der Waals surface area contributed by atoms with Gasteiger partial charge in [0.25, 0.3) is 0 Å². The second-order valence-corrected chi connectivity index (χ2v) is 5.89. The van der Waals surface area contributed by atoms with Gasteiger partial charge in [-0.25, -0.2) is 0 Å². The Labute approximate surface area is 115 Å². The Morgan fingerprint density at radius 2 is 2.16 bits per heavy atom. The fourth-order valence-electron chi connectivity index (χ4n) is 2.69. The van der Waals surface area contributed by atoms with Crippen LogP contribution in [-0.4, -0.2) is 11.9 Å². The number of amides is 1. The van der Waals surface area contributed by atoms with Gasteiger partial charge in [-0.3, -0.25) is 4.79 Å². The zero-order chi connectivity index (χ0) is 13.8. The third kappa shape index (κ3) is 3.80. The molecule has 2 atom stereocenters. The molecule has 2 unspecified atom stereocenters. The largest absolute Gasteiger partial charge is 0.328 e. The smallest absolute Gasteiger partial charge is 0.227 e. The van der Waals surface area contributed by atoms with Crippen LogP contribution in [0.2, 0.25) is 0 Å². The molecule has 1 aliphatic carbocycles. The van der Waals surface area contributed by atoms with Crippen molar-refractivity contribution in [1.29, 1.82) is 0 Å². The van der Waals surface area contributed by atoms with Crippen LogP contribution in [0.3, 0.4) is 0 Å². The molecule has 1 fully saturated rings. The molecule has 0 saturated heterocycles. The average molecular weight is 260 g/mol. The van der Waals surface area contributed by atoms with Gasteiger partial charge in [0.15, 0.2) is 0 Å². The highest BCUT2D eigenvalue weighted by atomic mass is 16.1. The molecule has 0 spiro atoms. The Morgan fingerprint density at radius 1 is 1.37 bits per heavy atom. The summed E-state index contributed by atoms with van der Waals surface area (Å²) in [7, 11) is 0. The lowest BCUT2D eigenvalue weighted by molar-refractivity contribution is -0.120. The molecule has 1 aromatic rings. The number of hydrogen-bond donors (Lipinski definition) is 2. The maximum atomic E-state index is 12.2. The Bertz CT molecular complexity index is 442. The van der Waals surface area contributed by atoms with Gasteiger partial charge in [0, 0.05) is 17.6 Å². The molecular formula is C16H24N2O. The lowest BCUT2D eigenvalue weighted by Crippen LogP contribution is -2.34. The second-order valence-electron chi connectivity index (χ2n) is 5.89. The highest BCUT2D eigenvalue weighted by molar-refractivity contribution is 5.92. The van der Waals surface area contributed by atoms with Crippen molar-refractivity contribution < 1.29 is 4.79 Å². The van der Waals surface area contributed by atoms with Crippen molar-refractivity contribution in [3.63, 3.8) is 0 Å². The third-order valence-electron chi connectivity index (χ3n) is 3.91. The van der Waals surface area contributed by atoms with Gasteiger partial charge in [0.05, 0.1) is 0 Å². The molecule has 3 N–H and O–H groups in total. The van der Waals surface area contributed by atoms with Gasteiger partial charge in [-0.2, -0.15) is 0 Å². The predicted molar refractivity (Wildman–Crippen MR) is 79.1 cm³/mol. The second kappa shape index (κ2) is 6.20. The van der Waals surface area contributed by atoms with Gasteiger partial charge in [-0.05, 0) is 42.9 Å². The molecule has 1 aliphatic rings. The summed E-state index contributed by atoms with van der Waals surface area (Å²) in [6, 6.07) is 8.29. The Hall–Kier alpha value is -1.35. The molecule has 1 saturated carbocycles. The highest BCUT2D eigenvalue weighted by Crippen LogP contribution is 2.25. The lowest BCUT2D eigenvalue weighted by Gasteiger charge is -2.25. The van der Waals surface area contributed by atoms with E-state index in [2.05, 4.69) is 31.3 Å². The summed E-state index contributed by atoms with van der Waals surface area (Å²) in [5.41, 5.74) is 8.09. The molecule has 3 heteroatoms. The molecule has 0 aromatic heterocycles. The molecule has 0 bridgehead atoms. The molecule has 1 amide bonds. The fraction of sp³-hybridized carbons (Fsp3) is 0.562. The number of anilines is 1. The van der Waals surface area contributed by atoms with Crippen molar-refractivity contribution in [2.75, 3.05) is 5.32 Å². The minimum atomic E-state index is 0.0754. The summed E-state index contributed by atoms with van der Waals surface area (Å²) in [5.74, 6) is 0.669. The number of benzene rings is 1. The molecule has 1 aromatic carbocycles. The molecule has 19 heavy (non-hydrogen) atoms. The van der Waals surface area contributed by atoms with Crippen LogP contribution >= 0.6 is 0 Å². The van der Waals surface area contributed by atoms with E-state index in [4.69, 9.17) is 5.73 Å². The fourth-order valence-corrected chi connectivity index (χ4v) is 2.69. The van der Waals surface area contributed by atoms with Crippen molar-refractivity contribution in [2.24, 2.45) is 11.7 Å². The summed E-state index contributed by atoms with van der Waals surface area (Å²) < 4.78 is 0. The number of nitrogens with two attached hydrogens (primary N) is 1. The lowest BCUT2D eigenvalue weighted by atomic mass is 9.85. The average Bonchev–Trinajstić information content (AvgIpc) is 2.39. The summed E-state index contributed by atoms with van der Waals surface area (Å²) in [5, 5.41) is 3.03. The van der Waals surface area contributed by atoms with Crippen molar-refractivity contribution >= 4 is 11.6 Å². The summed E-state index contributed by atoms with van der Waals surface area (Å²) in [4.78, 5) is 12.2. The normalized spacial score (nSPS) is 23.4. The van der Waals surface area contributed by atoms with Crippen LogP contribution in [-0.2, 0) is 4.79 Å². The monoisotopic (exact) mass is 260 g/mol. The van der Waals surface area contributed by atoms with Gasteiger partial charge in [-0.15, -0.1) is 0 Å². The van der Waals surface area contributed by atoms with E-state index in [0.717, 1.165) is 31.4 Å². The summed E-state index contributed by atoms with van der Waals surface area (Å²) in [6.45, 7) is 4.31. The van der Waals surface area contributed by atoms with Gasteiger partial charge in [0.1, 0.15) is 0 Å². The Morgan fingerprint density at radius 3 is 2.84 bits per heavy atom. The van der Waals surface area contributed by atoms with Crippen molar-refractivity contribution in [2.45, 2.75) is 51.5 Å². The standard InChI is InChI=1S/C16H24N2O/c1-11(2)12-5-4-8-15(10-12)18-16(19)13-6-3-7-14(17)9-13/h4-5,8,10-11,13-14H,3,6-7,9,17H2,1-2H3,(H,18,19).